The molecule has 0 aromatic rings. The zero-order chi connectivity index (χ0) is 8.48. The highest BCUT2D eigenvalue weighted by molar-refractivity contribution is 6.23. The highest BCUT2D eigenvalue weighted by atomic mass is 35.5. The highest BCUT2D eigenvalue weighted by Gasteiger charge is 2.36. The third-order valence-corrected chi connectivity index (χ3v) is 2.92. The van der Waals surface area contributed by atoms with Crippen molar-refractivity contribution in [3.8, 4) is 0 Å². The predicted octanol–water partition coefficient (Wildman–Crippen LogP) is 2.01. The van der Waals surface area contributed by atoms with Crippen molar-refractivity contribution in [1.29, 1.82) is 0 Å². The molecule has 0 N–H and O–H groups in total. The summed E-state index contributed by atoms with van der Waals surface area (Å²) in [5.41, 5.74) is 0. The van der Waals surface area contributed by atoms with Crippen LogP contribution in [0.5, 0.6) is 0 Å². The zero-order valence-electron chi connectivity index (χ0n) is 7.26. The van der Waals surface area contributed by atoms with E-state index in [2.05, 4.69) is 6.92 Å². The van der Waals surface area contributed by atoms with Gasteiger partial charge >= 0.3 is 0 Å². The van der Waals surface area contributed by atoms with Gasteiger partial charge in [-0.05, 0) is 12.8 Å². The number of rotatable bonds is 1. The Balaban J connectivity index is 2.52. The van der Waals surface area contributed by atoms with Gasteiger partial charge in [-0.1, -0.05) is 6.92 Å². The van der Waals surface area contributed by atoms with Crippen LogP contribution >= 0.6 is 11.6 Å². The molecular formula is C8H15ClO2. The summed E-state index contributed by atoms with van der Waals surface area (Å²) in [6, 6.07) is 0. The lowest BCUT2D eigenvalue weighted by molar-refractivity contribution is -0.166. The van der Waals surface area contributed by atoms with Gasteiger partial charge in [0.05, 0.1) is 11.5 Å². The molecule has 0 aliphatic carbocycles. The smallest absolute Gasteiger partial charge is 0.158 e. The number of methoxy groups -OCH3 is 1. The first-order valence-corrected chi connectivity index (χ1v) is 4.27. The minimum absolute atomic E-state index is 0.117. The molecule has 1 saturated heterocycles. The molecule has 0 unspecified atom stereocenters. The van der Waals surface area contributed by atoms with E-state index in [4.69, 9.17) is 21.1 Å². The van der Waals surface area contributed by atoms with Gasteiger partial charge in [-0.15, -0.1) is 11.6 Å². The summed E-state index contributed by atoms with van der Waals surface area (Å²) in [5.74, 6) is 0.399. The fourth-order valence-corrected chi connectivity index (χ4v) is 1.35. The Labute approximate surface area is 72.8 Å². The molecule has 2 nitrogen and oxygen atoms in total. The molecular weight excluding hydrogens is 164 g/mol. The van der Waals surface area contributed by atoms with Gasteiger partial charge < -0.3 is 9.47 Å². The lowest BCUT2D eigenvalue weighted by Crippen LogP contribution is -2.41. The van der Waals surface area contributed by atoms with Crippen molar-refractivity contribution in [3.05, 3.63) is 0 Å². The summed E-state index contributed by atoms with van der Waals surface area (Å²) >= 11 is 6.24. The first-order valence-electron chi connectivity index (χ1n) is 3.89. The van der Waals surface area contributed by atoms with Gasteiger partial charge in [0.25, 0.3) is 0 Å². The minimum atomic E-state index is -0.168. The van der Waals surface area contributed by atoms with Gasteiger partial charge in [-0.2, -0.15) is 0 Å². The first-order chi connectivity index (χ1) is 5.06. The van der Waals surface area contributed by atoms with Gasteiger partial charge in [0.15, 0.2) is 6.29 Å². The maximum atomic E-state index is 6.24. The van der Waals surface area contributed by atoms with E-state index in [0.29, 0.717) is 12.5 Å². The molecule has 1 heterocycles. The number of alkyl halides is 1. The Morgan fingerprint density at radius 1 is 1.64 bits per heavy atom. The van der Waals surface area contributed by atoms with Crippen molar-refractivity contribution in [1.82, 2.24) is 0 Å². The quantitative estimate of drug-likeness (QED) is 0.572. The lowest BCUT2D eigenvalue weighted by Gasteiger charge is -2.37. The van der Waals surface area contributed by atoms with E-state index in [1.54, 1.807) is 7.11 Å². The van der Waals surface area contributed by atoms with Crippen LogP contribution in [0, 0.1) is 5.92 Å². The van der Waals surface area contributed by atoms with E-state index in [1.165, 1.54) is 0 Å². The molecule has 0 bridgehead atoms. The average Bonchev–Trinajstić information content (AvgIpc) is 1.95. The Bertz CT molecular complexity index is 136. The maximum Gasteiger partial charge on any atom is 0.158 e. The fraction of sp³-hybridized carbons (Fsp3) is 1.00. The summed E-state index contributed by atoms with van der Waals surface area (Å²) in [6.45, 7) is 4.82. The van der Waals surface area contributed by atoms with E-state index in [1.807, 2.05) is 6.92 Å². The van der Waals surface area contributed by atoms with Gasteiger partial charge in [0, 0.05) is 13.5 Å². The van der Waals surface area contributed by atoms with E-state index >= 15 is 0 Å². The number of hydrogen-bond acceptors (Lipinski definition) is 2. The van der Waals surface area contributed by atoms with Crippen molar-refractivity contribution >= 4 is 11.6 Å². The van der Waals surface area contributed by atoms with Crippen LogP contribution in [0.3, 0.4) is 0 Å². The van der Waals surface area contributed by atoms with Crippen LogP contribution in [0.2, 0.25) is 0 Å². The Kier molecular flexibility index (Phi) is 2.79. The van der Waals surface area contributed by atoms with E-state index in [0.717, 1.165) is 6.42 Å². The van der Waals surface area contributed by atoms with Crippen molar-refractivity contribution in [2.24, 2.45) is 5.92 Å². The molecule has 66 valence electrons. The molecule has 3 heteroatoms. The van der Waals surface area contributed by atoms with Crippen molar-refractivity contribution in [2.45, 2.75) is 31.4 Å². The molecule has 0 aromatic carbocycles. The van der Waals surface area contributed by atoms with Crippen LogP contribution in [-0.2, 0) is 9.47 Å². The predicted molar refractivity (Wildman–Crippen MR) is 44.8 cm³/mol. The second-order valence-corrected chi connectivity index (χ2v) is 4.25. The average molecular weight is 179 g/mol. The summed E-state index contributed by atoms with van der Waals surface area (Å²) in [4.78, 5) is -0.168. The second kappa shape index (κ2) is 3.30. The Hall–Kier alpha value is 0.210. The molecule has 0 aromatic heterocycles. The van der Waals surface area contributed by atoms with E-state index < -0.39 is 0 Å². The van der Waals surface area contributed by atoms with Crippen molar-refractivity contribution in [3.63, 3.8) is 0 Å². The summed E-state index contributed by atoms with van der Waals surface area (Å²) in [7, 11) is 1.65. The second-order valence-electron chi connectivity index (χ2n) is 3.38. The Morgan fingerprint density at radius 3 is 2.73 bits per heavy atom. The number of ether oxygens (including phenoxy) is 2. The van der Waals surface area contributed by atoms with Crippen LogP contribution in [0.15, 0.2) is 0 Å². The molecule has 1 fully saturated rings. The summed E-state index contributed by atoms with van der Waals surface area (Å²) in [5, 5.41) is 0. The zero-order valence-corrected chi connectivity index (χ0v) is 8.02. The summed E-state index contributed by atoms with van der Waals surface area (Å²) in [6.07, 6.45) is 0.653. The van der Waals surface area contributed by atoms with Crippen LogP contribution in [-0.4, -0.2) is 24.9 Å². The molecule has 11 heavy (non-hydrogen) atoms. The lowest BCUT2D eigenvalue weighted by atomic mass is 9.90. The molecule has 1 aliphatic heterocycles. The molecule has 3 atom stereocenters. The molecule has 0 radical (unpaired) electrons. The molecule has 0 amide bonds. The van der Waals surface area contributed by atoms with E-state index in [9.17, 15) is 0 Å². The standard InChI is InChI=1S/C8H15ClO2/c1-6-5-11-7(10-3)4-8(6,2)9/h6-7H,4-5H2,1-3H3/t6-,7+,8-/m0/s1. The molecule has 1 aliphatic rings. The molecule has 0 spiro atoms. The molecule has 0 saturated carbocycles. The Morgan fingerprint density at radius 2 is 2.27 bits per heavy atom. The monoisotopic (exact) mass is 178 g/mol. The third-order valence-electron chi connectivity index (χ3n) is 2.39. The summed E-state index contributed by atoms with van der Waals surface area (Å²) < 4.78 is 10.4. The van der Waals surface area contributed by atoms with Gasteiger partial charge in [0.2, 0.25) is 0 Å². The van der Waals surface area contributed by atoms with Crippen LogP contribution in [0.4, 0.5) is 0 Å². The minimum Gasteiger partial charge on any atom is -0.356 e. The third kappa shape index (κ3) is 2.08. The normalized spacial score (nSPS) is 45.8. The van der Waals surface area contributed by atoms with E-state index in [-0.39, 0.29) is 11.2 Å². The topological polar surface area (TPSA) is 18.5 Å². The van der Waals surface area contributed by atoms with Crippen molar-refractivity contribution in [2.75, 3.05) is 13.7 Å². The molecule has 1 rings (SSSR count). The van der Waals surface area contributed by atoms with Gasteiger partial charge in [0.1, 0.15) is 0 Å². The maximum absolute atomic E-state index is 6.24. The van der Waals surface area contributed by atoms with Crippen LogP contribution < -0.4 is 0 Å². The van der Waals surface area contributed by atoms with Gasteiger partial charge in [-0.3, -0.25) is 0 Å². The first kappa shape index (κ1) is 9.30. The van der Waals surface area contributed by atoms with Gasteiger partial charge in [-0.25, -0.2) is 0 Å². The fourth-order valence-electron chi connectivity index (χ4n) is 1.16. The highest BCUT2D eigenvalue weighted by Crippen LogP contribution is 2.35. The largest absolute Gasteiger partial charge is 0.356 e. The number of hydrogen-bond donors (Lipinski definition) is 0. The van der Waals surface area contributed by atoms with Crippen LogP contribution in [0.25, 0.3) is 0 Å². The van der Waals surface area contributed by atoms with Crippen LogP contribution in [0.1, 0.15) is 20.3 Å². The van der Waals surface area contributed by atoms with Crippen molar-refractivity contribution < 1.29 is 9.47 Å². The number of halogens is 1. The SMILES string of the molecule is CO[C@H]1C[C@](C)(Cl)[C@@H](C)CO1.